The van der Waals surface area contributed by atoms with Crippen LogP contribution in [-0.2, 0) is 9.59 Å². The number of urea groups is 1. The Morgan fingerprint density at radius 1 is 0.964 bits per heavy atom. The quantitative estimate of drug-likeness (QED) is 0.719. The zero-order chi connectivity index (χ0) is 21.1. The molecule has 0 saturated carbocycles. The van der Waals surface area contributed by atoms with Gasteiger partial charge in [-0.2, -0.15) is 0 Å². The first-order chi connectivity index (χ1) is 13.1. The first kappa shape index (κ1) is 21.3. The molecule has 0 bridgehead atoms. The summed E-state index contributed by atoms with van der Waals surface area (Å²) in [4.78, 5) is 39.4. The molecular weight excluding hydrogens is 364 g/mol. The number of carbonyl (C=O) groups excluding carboxylic acids is 3. The van der Waals surface area contributed by atoms with Crippen LogP contribution in [-0.4, -0.2) is 62.1 Å². The molecule has 0 atom stereocenters. The van der Waals surface area contributed by atoms with Crippen LogP contribution in [0.1, 0.15) is 26.3 Å². The van der Waals surface area contributed by atoms with Gasteiger partial charge in [0, 0.05) is 24.6 Å². The van der Waals surface area contributed by atoms with Gasteiger partial charge in [-0.3, -0.25) is 19.4 Å². The minimum Gasteiger partial charge on any atom is -0.493 e. The SMILES string of the molecule is COc1cc(/C=C/C(=O)N2CCN(C(=O)C(C)(C)C)C2=O)cc(OC)c1OC. The average Bonchev–Trinajstić information content (AvgIpc) is 3.04. The topological polar surface area (TPSA) is 85.4 Å². The molecule has 8 heteroatoms. The van der Waals surface area contributed by atoms with Gasteiger partial charge in [0.15, 0.2) is 11.5 Å². The zero-order valence-electron chi connectivity index (χ0n) is 17.1. The van der Waals surface area contributed by atoms with Gasteiger partial charge in [0.2, 0.25) is 11.7 Å². The van der Waals surface area contributed by atoms with Crippen molar-refractivity contribution >= 4 is 23.9 Å². The van der Waals surface area contributed by atoms with Crippen LogP contribution in [0.5, 0.6) is 17.2 Å². The van der Waals surface area contributed by atoms with Gasteiger partial charge in [-0.05, 0) is 23.8 Å². The van der Waals surface area contributed by atoms with Gasteiger partial charge in [-0.1, -0.05) is 20.8 Å². The summed E-state index contributed by atoms with van der Waals surface area (Å²) in [5.74, 6) is 0.546. The van der Waals surface area contributed by atoms with E-state index < -0.39 is 17.4 Å². The number of methoxy groups -OCH3 is 3. The normalized spacial score (nSPS) is 14.6. The van der Waals surface area contributed by atoms with Crippen molar-refractivity contribution < 1.29 is 28.6 Å². The lowest BCUT2D eigenvalue weighted by Gasteiger charge is -2.23. The number of nitrogens with zero attached hydrogens (tertiary/aromatic N) is 2. The largest absolute Gasteiger partial charge is 0.493 e. The van der Waals surface area contributed by atoms with Crippen molar-refractivity contribution in [3.63, 3.8) is 0 Å². The number of hydrogen-bond donors (Lipinski definition) is 0. The van der Waals surface area contributed by atoms with E-state index in [2.05, 4.69) is 0 Å². The highest BCUT2D eigenvalue weighted by Gasteiger charge is 2.39. The summed E-state index contributed by atoms with van der Waals surface area (Å²) >= 11 is 0. The predicted octanol–water partition coefficient (Wildman–Crippen LogP) is 2.56. The van der Waals surface area contributed by atoms with Crippen LogP contribution in [0.25, 0.3) is 6.08 Å². The summed E-state index contributed by atoms with van der Waals surface area (Å²) in [6.07, 6.45) is 2.83. The van der Waals surface area contributed by atoms with Crippen molar-refractivity contribution in [3.8, 4) is 17.2 Å². The van der Waals surface area contributed by atoms with E-state index in [4.69, 9.17) is 14.2 Å². The van der Waals surface area contributed by atoms with Gasteiger partial charge in [-0.25, -0.2) is 4.79 Å². The molecule has 0 N–H and O–H groups in total. The Kier molecular flexibility index (Phi) is 6.33. The molecule has 0 radical (unpaired) electrons. The number of benzene rings is 1. The molecule has 0 spiro atoms. The van der Waals surface area contributed by atoms with E-state index in [-0.39, 0.29) is 19.0 Å². The Morgan fingerprint density at radius 2 is 1.50 bits per heavy atom. The van der Waals surface area contributed by atoms with Crippen molar-refractivity contribution in [2.45, 2.75) is 20.8 Å². The number of ether oxygens (including phenoxy) is 3. The first-order valence-electron chi connectivity index (χ1n) is 8.79. The van der Waals surface area contributed by atoms with E-state index >= 15 is 0 Å². The lowest BCUT2D eigenvalue weighted by atomic mass is 9.95. The van der Waals surface area contributed by atoms with Crippen LogP contribution < -0.4 is 14.2 Å². The lowest BCUT2D eigenvalue weighted by molar-refractivity contribution is -0.135. The van der Waals surface area contributed by atoms with Gasteiger partial charge in [-0.15, -0.1) is 0 Å². The van der Waals surface area contributed by atoms with Crippen LogP contribution in [0.3, 0.4) is 0 Å². The Labute approximate surface area is 164 Å². The Bertz CT molecular complexity index is 784. The number of carbonyl (C=O) groups is 3. The van der Waals surface area contributed by atoms with Crippen molar-refractivity contribution in [2.75, 3.05) is 34.4 Å². The molecule has 1 aliphatic rings. The summed E-state index contributed by atoms with van der Waals surface area (Å²) < 4.78 is 15.8. The third-order valence-corrected chi connectivity index (χ3v) is 4.27. The molecule has 1 heterocycles. The number of amides is 4. The number of imide groups is 2. The van der Waals surface area contributed by atoms with Gasteiger partial charge >= 0.3 is 6.03 Å². The summed E-state index contributed by atoms with van der Waals surface area (Å²) in [5, 5.41) is 0. The minimum atomic E-state index is -0.694. The van der Waals surface area contributed by atoms with E-state index in [0.717, 1.165) is 9.80 Å². The maximum atomic E-state index is 12.5. The molecule has 2 rings (SSSR count). The summed E-state index contributed by atoms with van der Waals surface area (Å²) in [6, 6.07) is 2.78. The van der Waals surface area contributed by atoms with Crippen LogP contribution in [0.15, 0.2) is 18.2 Å². The highest BCUT2D eigenvalue weighted by molar-refractivity contribution is 6.08. The zero-order valence-corrected chi connectivity index (χ0v) is 17.1. The lowest BCUT2D eigenvalue weighted by Crippen LogP contribution is -2.43. The molecule has 1 saturated heterocycles. The minimum absolute atomic E-state index is 0.166. The predicted molar refractivity (Wildman–Crippen MR) is 103 cm³/mol. The molecule has 28 heavy (non-hydrogen) atoms. The molecule has 0 unspecified atom stereocenters. The van der Waals surface area contributed by atoms with Crippen LogP contribution in [0.4, 0.5) is 4.79 Å². The number of rotatable bonds is 5. The molecule has 0 aliphatic carbocycles. The van der Waals surface area contributed by atoms with Gasteiger partial charge < -0.3 is 14.2 Å². The summed E-state index contributed by atoms with van der Waals surface area (Å²) in [7, 11) is 4.50. The maximum absolute atomic E-state index is 12.5. The average molecular weight is 390 g/mol. The molecule has 1 aliphatic heterocycles. The fourth-order valence-corrected chi connectivity index (χ4v) is 2.79. The smallest absolute Gasteiger partial charge is 0.333 e. The van der Waals surface area contributed by atoms with Gasteiger partial charge in [0.1, 0.15) is 0 Å². The Morgan fingerprint density at radius 3 is 1.96 bits per heavy atom. The highest BCUT2D eigenvalue weighted by Crippen LogP contribution is 2.38. The van der Waals surface area contributed by atoms with E-state index in [9.17, 15) is 14.4 Å². The third-order valence-electron chi connectivity index (χ3n) is 4.27. The first-order valence-corrected chi connectivity index (χ1v) is 8.79. The fraction of sp³-hybridized carbons (Fsp3) is 0.450. The Hall–Kier alpha value is -3.03. The molecule has 1 aromatic rings. The third kappa shape index (κ3) is 4.27. The second kappa shape index (κ2) is 8.33. The second-order valence-corrected chi connectivity index (χ2v) is 7.27. The molecular formula is C20H26N2O6. The molecule has 4 amide bonds. The van der Waals surface area contributed by atoms with Gasteiger partial charge in [0.05, 0.1) is 21.3 Å². The van der Waals surface area contributed by atoms with Crippen molar-refractivity contribution in [1.82, 2.24) is 9.80 Å². The molecule has 1 aromatic carbocycles. The van der Waals surface area contributed by atoms with Crippen molar-refractivity contribution in [1.29, 1.82) is 0 Å². The van der Waals surface area contributed by atoms with E-state index in [0.29, 0.717) is 22.8 Å². The van der Waals surface area contributed by atoms with Crippen LogP contribution in [0.2, 0.25) is 0 Å². The van der Waals surface area contributed by atoms with E-state index in [1.54, 1.807) is 39.0 Å². The van der Waals surface area contributed by atoms with Crippen molar-refractivity contribution in [3.05, 3.63) is 23.8 Å². The van der Waals surface area contributed by atoms with E-state index in [1.165, 1.54) is 27.4 Å². The van der Waals surface area contributed by atoms with Crippen molar-refractivity contribution in [2.24, 2.45) is 5.41 Å². The monoisotopic (exact) mass is 390 g/mol. The maximum Gasteiger partial charge on any atom is 0.333 e. The van der Waals surface area contributed by atoms with Crippen LogP contribution >= 0.6 is 0 Å². The Balaban J connectivity index is 2.18. The number of hydrogen-bond acceptors (Lipinski definition) is 6. The summed E-state index contributed by atoms with van der Waals surface area (Å²) in [6.45, 7) is 5.56. The van der Waals surface area contributed by atoms with Gasteiger partial charge in [0.25, 0.3) is 5.91 Å². The molecule has 1 fully saturated rings. The van der Waals surface area contributed by atoms with Crippen LogP contribution in [0, 0.1) is 5.41 Å². The molecule has 8 nitrogen and oxygen atoms in total. The summed E-state index contributed by atoms with van der Waals surface area (Å²) in [5.41, 5.74) is -0.0575. The highest BCUT2D eigenvalue weighted by atomic mass is 16.5. The fourth-order valence-electron chi connectivity index (χ4n) is 2.79. The van der Waals surface area contributed by atoms with E-state index in [1.807, 2.05) is 0 Å². The second-order valence-electron chi connectivity index (χ2n) is 7.27. The standard InChI is InChI=1S/C20H26N2O6/c1-20(2,3)18(24)22-10-9-21(19(22)25)16(23)8-7-13-11-14(26-4)17(28-6)15(12-13)27-5/h7-8,11-12H,9-10H2,1-6H3/b8-7+. The molecule has 152 valence electrons. The molecule has 0 aromatic heterocycles.